The van der Waals surface area contributed by atoms with E-state index in [0.717, 1.165) is 38.4 Å². The lowest BCUT2D eigenvalue weighted by Gasteiger charge is -2.29. The van der Waals surface area contributed by atoms with E-state index in [4.69, 9.17) is 0 Å². The summed E-state index contributed by atoms with van der Waals surface area (Å²) in [5, 5.41) is 3.37. The zero-order valence-electron chi connectivity index (χ0n) is 8.54. The van der Waals surface area contributed by atoms with Gasteiger partial charge in [-0.1, -0.05) is 0 Å². The van der Waals surface area contributed by atoms with Crippen LogP contribution in [0.25, 0.3) is 0 Å². The molecule has 0 radical (unpaired) electrons. The van der Waals surface area contributed by atoms with Crippen LogP contribution in [0.1, 0.15) is 25.7 Å². The highest BCUT2D eigenvalue weighted by molar-refractivity contribution is 5.82. The van der Waals surface area contributed by atoms with Crippen molar-refractivity contribution >= 4 is 5.91 Å². The number of hydrogen-bond donors (Lipinski definition) is 1. The molecule has 0 spiro atoms. The van der Waals surface area contributed by atoms with Gasteiger partial charge in [-0.15, -0.1) is 0 Å². The van der Waals surface area contributed by atoms with Crippen molar-refractivity contribution in [3.8, 4) is 0 Å². The van der Waals surface area contributed by atoms with Gasteiger partial charge in [-0.2, -0.15) is 0 Å². The molecule has 2 bridgehead atoms. The van der Waals surface area contributed by atoms with Gasteiger partial charge in [0.1, 0.15) is 0 Å². The molecule has 3 fully saturated rings. The molecule has 14 heavy (non-hydrogen) atoms. The van der Waals surface area contributed by atoms with Gasteiger partial charge in [-0.25, -0.2) is 0 Å². The van der Waals surface area contributed by atoms with Crippen LogP contribution in [0.15, 0.2) is 0 Å². The number of carbonyl (C=O) groups is 1. The van der Waals surface area contributed by atoms with Crippen molar-refractivity contribution in [3.05, 3.63) is 0 Å². The van der Waals surface area contributed by atoms with Crippen LogP contribution in [0.4, 0.5) is 0 Å². The van der Waals surface area contributed by atoms with Gasteiger partial charge in [0.05, 0.1) is 0 Å². The second kappa shape index (κ2) is 3.23. The van der Waals surface area contributed by atoms with Crippen LogP contribution in [0, 0.1) is 11.8 Å². The minimum Gasteiger partial charge on any atom is -0.339 e. The van der Waals surface area contributed by atoms with Crippen LogP contribution in [-0.4, -0.2) is 36.5 Å². The average Bonchev–Trinajstić information content (AvgIpc) is 2.87. The van der Waals surface area contributed by atoms with E-state index < -0.39 is 0 Å². The quantitative estimate of drug-likeness (QED) is 0.698. The largest absolute Gasteiger partial charge is 0.339 e. The second-order valence-corrected chi connectivity index (χ2v) is 5.01. The van der Waals surface area contributed by atoms with E-state index in [1.165, 1.54) is 12.8 Å². The molecule has 78 valence electrons. The van der Waals surface area contributed by atoms with Gasteiger partial charge >= 0.3 is 0 Å². The third kappa shape index (κ3) is 1.26. The van der Waals surface area contributed by atoms with Gasteiger partial charge in [-0.05, 0) is 44.7 Å². The Labute approximate surface area is 84.8 Å². The summed E-state index contributed by atoms with van der Waals surface area (Å²) >= 11 is 0. The fraction of sp³-hybridized carbons (Fsp3) is 0.909. The summed E-state index contributed by atoms with van der Waals surface area (Å²) in [6.07, 6.45) is 4.82. The number of hydrogen-bond acceptors (Lipinski definition) is 2. The van der Waals surface area contributed by atoms with Crippen LogP contribution in [0.2, 0.25) is 0 Å². The van der Waals surface area contributed by atoms with Crippen molar-refractivity contribution in [1.29, 1.82) is 0 Å². The maximum atomic E-state index is 11.9. The number of likely N-dealkylation sites (tertiary alicyclic amines) is 1. The first-order chi connectivity index (χ1) is 6.84. The summed E-state index contributed by atoms with van der Waals surface area (Å²) < 4.78 is 0. The molecule has 0 aromatic carbocycles. The summed E-state index contributed by atoms with van der Waals surface area (Å²) in [6.45, 7) is 3.27. The zero-order valence-corrected chi connectivity index (χ0v) is 8.54. The van der Waals surface area contributed by atoms with Crippen molar-refractivity contribution in [2.45, 2.75) is 31.7 Å². The lowest BCUT2D eigenvalue weighted by molar-refractivity contribution is -0.134. The van der Waals surface area contributed by atoms with E-state index in [-0.39, 0.29) is 0 Å². The van der Waals surface area contributed by atoms with E-state index in [2.05, 4.69) is 10.2 Å². The van der Waals surface area contributed by atoms with Crippen LogP contribution in [0.5, 0.6) is 0 Å². The van der Waals surface area contributed by atoms with Crippen molar-refractivity contribution in [3.63, 3.8) is 0 Å². The molecule has 3 atom stereocenters. The molecule has 3 rings (SSSR count). The molecule has 0 aromatic rings. The predicted octanol–water partition coefficient (Wildman–Crippen LogP) is 0.607. The predicted molar refractivity (Wildman–Crippen MR) is 53.8 cm³/mol. The summed E-state index contributed by atoms with van der Waals surface area (Å²) in [5.74, 6) is 1.57. The maximum absolute atomic E-state index is 11.9. The van der Waals surface area contributed by atoms with Crippen LogP contribution in [0.3, 0.4) is 0 Å². The minimum atomic E-state index is 0.398. The number of carbonyl (C=O) groups excluding carboxylic acids is 1. The average molecular weight is 194 g/mol. The number of nitrogens with one attached hydrogen (secondary N) is 1. The highest BCUT2D eigenvalue weighted by Crippen LogP contribution is 2.38. The topological polar surface area (TPSA) is 32.3 Å². The number of piperidine rings is 1. The summed E-state index contributed by atoms with van der Waals surface area (Å²) in [5.41, 5.74) is 0. The summed E-state index contributed by atoms with van der Waals surface area (Å²) in [4.78, 5) is 14.0. The van der Waals surface area contributed by atoms with E-state index in [9.17, 15) is 4.79 Å². The molecular weight excluding hydrogens is 176 g/mol. The molecular formula is C11H18N2O. The molecule has 1 saturated carbocycles. The number of fused-ring (bicyclic) bond motifs is 2. The van der Waals surface area contributed by atoms with Gasteiger partial charge in [0.15, 0.2) is 0 Å². The highest BCUT2D eigenvalue weighted by Gasteiger charge is 2.44. The first kappa shape index (κ1) is 8.72. The van der Waals surface area contributed by atoms with E-state index >= 15 is 0 Å². The molecule has 3 unspecified atom stereocenters. The van der Waals surface area contributed by atoms with E-state index in [0.29, 0.717) is 17.9 Å². The highest BCUT2D eigenvalue weighted by atomic mass is 16.2. The van der Waals surface area contributed by atoms with Crippen molar-refractivity contribution in [1.82, 2.24) is 10.2 Å². The fourth-order valence-corrected chi connectivity index (χ4v) is 3.27. The fourth-order valence-electron chi connectivity index (χ4n) is 3.27. The van der Waals surface area contributed by atoms with E-state index in [1.54, 1.807) is 0 Å². The van der Waals surface area contributed by atoms with Gasteiger partial charge in [0.25, 0.3) is 0 Å². The smallest absolute Gasteiger partial charge is 0.226 e. The molecule has 1 N–H and O–H groups in total. The van der Waals surface area contributed by atoms with Crippen LogP contribution < -0.4 is 5.32 Å². The Kier molecular flexibility index (Phi) is 2.01. The lowest BCUT2D eigenvalue weighted by Crippen LogP contribution is -2.40. The molecule has 2 heterocycles. The normalized spacial score (nSPS) is 41.3. The Morgan fingerprint density at radius 1 is 1.36 bits per heavy atom. The first-order valence-electron chi connectivity index (χ1n) is 5.86. The molecule has 1 aliphatic carbocycles. The Morgan fingerprint density at radius 3 is 2.93 bits per heavy atom. The molecule has 3 nitrogen and oxygen atoms in total. The summed E-state index contributed by atoms with van der Waals surface area (Å²) in [7, 11) is 0. The Bertz CT molecular complexity index is 248. The van der Waals surface area contributed by atoms with Crippen molar-refractivity contribution in [2.75, 3.05) is 19.6 Å². The molecule has 2 aliphatic heterocycles. The molecule has 3 aliphatic rings. The molecule has 1 amide bonds. The third-order valence-electron chi connectivity index (χ3n) is 4.10. The first-order valence-corrected chi connectivity index (χ1v) is 5.86. The van der Waals surface area contributed by atoms with Gasteiger partial charge in [-0.3, -0.25) is 4.79 Å². The molecule has 3 heteroatoms. The molecule has 2 saturated heterocycles. The lowest BCUT2D eigenvalue weighted by atomic mass is 10.1. The maximum Gasteiger partial charge on any atom is 0.226 e. The Hall–Kier alpha value is -0.570. The standard InChI is InChI=1S/C11H18N2O/c14-11-9-1-2-10(5-9)13(11)7-8-3-4-12-6-8/h8-10,12H,1-7H2. The summed E-state index contributed by atoms with van der Waals surface area (Å²) in [6, 6.07) is 0.605. The van der Waals surface area contributed by atoms with Gasteiger partial charge in [0, 0.05) is 18.5 Å². The number of nitrogens with zero attached hydrogens (tertiary/aromatic N) is 1. The Morgan fingerprint density at radius 2 is 2.29 bits per heavy atom. The number of rotatable bonds is 2. The third-order valence-corrected chi connectivity index (χ3v) is 4.10. The minimum absolute atomic E-state index is 0.398. The van der Waals surface area contributed by atoms with Crippen LogP contribution in [-0.2, 0) is 4.79 Å². The zero-order chi connectivity index (χ0) is 9.54. The van der Waals surface area contributed by atoms with Crippen molar-refractivity contribution in [2.24, 2.45) is 11.8 Å². The van der Waals surface area contributed by atoms with Crippen LogP contribution >= 0.6 is 0 Å². The van der Waals surface area contributed by atoms with Crippen molar-refractivity contribution < 1.29 is 4.79 Å². The van der Waals surface area contributed by atoms with E-state index in [1.807, 2.05) is 0 Å². The van der Waals surface area contributed by atoms with Gasteiger partial charge in [0.2, 0.25) is 5.91 Å². The number of amides is 1. The van der Waals surface area contributed by atoms with Gasteiger partial charge < -0.3 is 10.2 Å². The monoisotopic (exact) mass is 194 g/mol. The Balaban J connectivity index is 1.64. The molecule has 0 aromatic heterocycles. The second-order valence-electron chi connectivity index (χ2n) is 5.01. The SMILES string of the molecule is O=C1C2CCC(C2)N1CC1CCNC1.